The second kappa shape index (κ2) is 5.02. The lowest BCUT2D eigenvalue weighted by atomic mass is 10.1. The van der Waals surface area contributed by atoms with Gasteiger partial charge in [0.15, 0.2) is 0 Å². The van der Waals surface area contributed by atoms with Crippen LogP contribution in [0.5, 0.6) is 0 Å². The van der Waals surface area contributed by atoms with Crippen LogP contribution in [0.15, 0.2) is 27.3 Å². The molecule has 19 heavy (non-hydrogen) atoms. The number of hydrogen-bond donors (Lipinski definition) is 4. The minimum absolute atomic E-state index is 0.0505. The maximum absolute atomic E-state index is 12.5. The predicted octanol–water partition coefficient (Wildman–Crippen LogP) is 0.682. The molecule has 3 heterocycles. The van der Waals surface area contributed by atoms with Crippen molar-refractivity contribution in [3.8, 4) is 0 Å². The average molecular weight is 391 g/mol. The first kappa shape index (κ1) is 13.3. The van der Waals surface area contributed by atoms with Gasteiger partial charge >= 0.3 is 0 Å². The summed E-state index contributed by atoms with van der Waals surface area (Å²) in [6.07, 6.45) is 3.59. The van der Waals surface area contributed by atoms with E-state index in [0.29, 0.717) is 12.2 Å². The number of amides is 1. The van der Waals surface area contributed by atoms with Crippen molar-refractivity contribution in [1.29, 1.82) is 0 Å². The summed E-state index contributed by atoms with van der Waals surface area (Å²) >= 11 is 6.70. The molecule has 0 aliphatic carbocycles. The lowest BCUT2D eigenvalue weighted by molar-refractivity contribution is 0.0660. The smallest absolute Gasteiger partial charge is 0.271 e. The molecule has 2 aliphatic heterocycles. The molecule has 8 heteroatoms. The van der Waals surface area contributed by atoms with Crippen molar-refractivity contribution in [2.24, 2.45) is 5.73 Å². The van der Waals surface area contributed by atoms with Crippen molar-refractivity contribution in [3.05, 3.63) is 33.0 Å². The van der Waals surface area contributed by atoms with Gasteiger partial charge in [-0.15, -0.1) is 0 Å². The summed E-state index contributed by atoms with van der Waals surface area (Å²) in [4.78, 5) is 17.3. The number of H-pyrrole nitrogens is 1. The Bertz CT molecular complexity index is 524. The molecule has 2 aliphatic rings. The number of aromatic amines is 1. The number of nitrogens with zero attached hydrogens (tertiary/aromatic N) is 1. The van der Waals surface area contributed by atoms with Crippen LogP contribution in [0, 0.1) is 0 Å². The Morgan fingerprint density at radius 3 is 2.89 bits per heavy atom. The number of hydrogen-bond acceptors (Lipinski definition) is 4. The van der Waals surface area contributed by atoms with Crippen LogP contribution in [0.25, 0.3) is 0 Å². The van der Waals surface area contributed by atoms with Gasteiger partial charge in [0, 0.05) is 6.54 Å². The normalized spacial score (nSPS) is 29.6. The van der Waals surface area contributed by atoms with Gasteiger partial charge in [-0.25, -0.2) is 0 Å². The highest BCUT2D eigenvalue weighted by atomic mass is 79.9. The largest absolute Gasteiger partial charge is 0.344 e. The van der Waals surface area contributed by atoms with E-state index in [1.54, 1.807) is 11.0 Å². The number of fused-ring (bicyclic) bond motifs is 1. The molecule has 1 aromatic heterocycles. The van der Waals surface area contributed by atoms with Crippen LogP contribution in [-0.2, 0) is 0 Å². The lowest BCUT2D eigenvalue weighted by Gasteiger charge is -2.33. The molecule has 3 atom stereocenters. The van der Waals surface area contributed by atoms with Crippen molar-refractivity contribution >= 4 is 37.8 Å². The maximum atomic E-state index is 12.5. The molecule has 102 valence electrons. The molecule has 5 N–H and O–H groups in total. The van der Waals surface area contributed by atoms with Gasteiger partial charge in [0.25, 0.3) is 5.91 Å². The van der Waals surface area contributed by atoms with Crippen LogP contribution in [0.4, 0.5) is 0 Å². The van der Waals surface area contributed by atoms with Crippen molar-refractivity contribution < 1.29 is 4.79 Å². The van der Waals surface area contributed by atoms with E-state index in [-0.39, 0.29) is 24.4 Å². The van der Waals surface area contributed by atoms with Crippen LogP contribution in [0.1, 0.15) is 10.5 Å². The predicted molar refractivity (Wildman–Crippen MR) is 78.2 cm³/mol. The van der Waals surface area contributed by atoms with Gasteiger partial charge in [-0.1, -0.05) is 12.2 Å². The van der Waals surface area contributed by atoms with Crippen LogP contribution < -0.4 is 16.4 Å². The van der Waals surface area contributed by atoms with Crippen LogP contribution in [0.2, 0.25) is 0 Å². The van der Waals surface area contributed by atoms with Crippen LogP contribution in [-0.4, -0.2) is 40.8 Å². The van der Waals surface area contributed by atoms with E-state index >= 15 is 0 Å². The summed E-state index contributed by atoms with van der Waals surface area (Å²) in [6, 6.07) is 1.82. The minimum Gasteiger partial charge on any atom is -0.344 e. The molecular weight excluding hydrogens is 378 g/mol. The molecule has 0 aromatic carbocycles. The molecule has 6 nitrogen and oxygen atoms in total. The van der Waals surface area contributed by atoms with E-state index in [0.717, 1.165) is 9.08 Å². The van der Waals surface area contributed by atoms with Gasteiger partial charge in [-0.2, -0.15) is 0 Å². The van der Waals surface area contributed by atoms with Gasteiger partial charge in [0.05, 0.1) is 15.1 Å². The third-order valence-corrected chi connectivity index (χ3v) is 5.04. The second-order valence-electron chi connectivity index (χ2n) is 4.51. The van der Waals surface area contributed by atoms with E-state index < -0.39 is 0 Å². The highest BCUT2D eigenvalue weighted by molar-refractivity contribution is 9.13. The maximum Gasteiger partial charge on any atom is 0.271 e. The van der Waals surface area contributed by atoms with E-state index in [1.165, 1.54) is 0 Å². The number of nitrogens with two attached hydrogens (primary N) is 1. The van der Waals surface area contributed by atoms with Crippen molar-refractivity contribution in [3.63, 3.8) is 0 Å². The van der Waals surface area contributed by atoms with Gasteiger partial charge < -0.3 is 15.6 Å². The Morgan fingerprint density at radius 1 is 1.42 bits per heavy atom. The monoisotopic (exact) mass is 389 g/mol. The van der Waals surface area contributed by atoms with E-state index in [4.69, 9.17) is 5.73 Å². The lowest BCUT2D eigenvalue weighted by Crippen LogP contribution is -2.53. The molecule has 0 saturated carbocycles. The zero-order valence-corrected chi connectivity index (χ0v) is 13.0. The summed E-state index contributed by atoms with van der Waals surface area (Å²) in [7, 11) is 0. The van der Waals surface area contributed by atoms with Gasteiger partial charge in [0.1, 0.15) is 18.1 Å². The Hall–Kier alpha value is -0.670. The molecule has 1 aromatic rings. The van der Waals surface area contributed by atoms with E-state index in [1.807, 2.05) is 12.2 Å². The first-order valence-corrected chi connectivity index (χ1v) is 7.44. The number of carbonyl (C=O) groups excluding carboxylic acids is 1. The van der Waals surface area contributed by atoms with Crippen molar-refractivity contribution in [1.82, 2.24) is 20.5 Å². The molecule has 1 amide bonds. The molecule has 1 fully saturated rings. The molecule has 1 saturated heterocycles. The van der Waals surface area contributed by atoms with Gasteiger partial charge in [0.2, 0.25) is 0 Å². The Kier molecular flexibility index (Phi) is 3.52. The van der Waals surface area contributed by atoms with Crippen LogP contribution >= 0.6 is 31.9 Å². The third kappa shape index (κ3) is 2.38. The van der Waals surface area contributed by atoms with E-state index in [9.17, 15) is 4.79 Å². The number of halogens is 2. The number of aromatic nitrogens is 1. The number of rotatable bonds is 1. The van der Waals surface area contributed by atoms with Gasteiger partial charge in [-0.05, 0) is 37.9 Å². The van der Waals surface area contributed by atoms with Gasteiger partial charge in [-0.3, -0.25) is 15.4 Å². The standard InChI is InChI=1S/C11H13Br2N5O/c12-5-4-7(15-8(5)13)10(19)18-3-1-2-6-9(18)17-11(14)16-6/h1-2,4,6,9,11,15-17H,3,14H2. The summed E-state index contributed by atoms with van der Waals surface area (Å²) in [5.74, 6) is -0.0610. The first-order valence-electron chi connectivity index (χ1n) is 5.85. The molecule has 0 radical (unpaired) electrons. The molecule has 0 spiro atoms. The second-order valence-corrected chi connectivity index (χ2v) is 6.16. The molecule has 3 rings (SSSR count). The average Bonchev–Trinajstić information content (AvgIpc) is 2.90. The summed E-state index contributed by atoms with van der Waals surface area (Å²) in [5, 5.41) is 6.33. The molecule has 3 unspecified atom stereocenters. The summed E-state index contributed by atoms with van der Waals surface area (Å²) in [6.45, 7) is 0.565. The van der Waals surface area contributed by atoms with Crippen LogP contribution in [0.3, 0.4) is 0 Å². The Balaban J connectivity index is 1.85. The van der Waals surface area contributed by atoms with Crippen molar-refractivity contribution in [2.45, 2.75) is 18.5 Å². The minimum atomic E-state index is -0.296. The third-order valence-electron chi connectivity index (χ3n) is 3.26. The zero-order chi connectivity index (χ0) is 13.6. The molecule has 0 bridgehead atoms. The number of nitrogens with one attached hydrogen (secondary N) is 3. The topological polar surface area (TPSA) is 86.2 Å². The number of carbonyl (C=O) groups is 1. The zero-order valence-electron chi connectivity index (χ0n) is 9.86. The molecular formula is C11H13Br2N5O. The SMILES string of the molecule is NC1NC2C=CCN(C(=O)c3cc(Br)c(Br)[nH]3)C2N1. The highest BCUT2D eigenvalue weighted by Gasteiger charge is 2.38. The van der Waals surface area contributed by atoms with Crippen molar-refractivity contribution in [2.75, 3.05) is 6.54 Å². The van der Waals surface area contributed by atoms with E-state index in [2.05, 4.69) is 47.5 Å². The summed E-state index contributed by atoms with van der Waals surface area (Å²) in [5.41, 5.74) is 6.34. The quantitative estimate of drug-likeness (QED) is 0.531. The summed E-state index contributed by atoms with van der Waals surface area (Å²) < 4.78 is 1.59. The Morgan fingerprint density at radius 2 is 2.21 bits per heavy atom. The first-order chi connectivity index (χ1) is 9.06. The fraction of sp³-hybridized carbons (Fsp3) is 0.364. The highest BCUT2D eigenvalue weighted by Crippen LogP contribution is 2.25. The Labute approximate surface area is 127 Å². The fourth-order valence-corrected chi connectivity index (χ4v) is 3.05. The fourth-order valence-electron chi connectivity index (χ4n) is 2.40.